The minimum Gasteiger partial charge on any atom is -0.493 e. The summed E-state index contributed by atoms with van der Waals surface area (Å²) in [6, 6.07) is 3.84. The van der Waals surface area contributed by atoms with Crippen LogP contribution >= 0.6 is 12.2 Å². The fraction of sp³-hybridized carbons (Fsp3) is 0.571. The number of piperazine rings is 1. The summed E-state index contributed by atoms with van der Waals surface area (Å²) in [5.74, 6) is 2.25. The van der Waals surface area contributed by atoms with E-state index in [2.05, 4.69) is 30.0 Å². The Morgan fingerprint density at radius 3 is 2.45 bits per heavy atom. The number of benzene rings is 1. The summed E-state index contributed by atoms with van der Waals surface area (Å²) < 4.78 is 16.3. The highest BCUT2D eigenvalue weighted by atomic mass is 32.1. The van der Waals surface area contributed by atoms with Gasteiger partial charge in [-0.2, -0.15) is 0 Å². The molecule has 2 aliphatic heterocycles. The number of morpholine rings is 1. The van der Waals surface area contributed by atoms with Gasteiger partial charge in [0.1, 0.15) is 12.1 Å². The number of fused-ring (bicyclic) bond motifs is 1. The zero-order valence-electron chi connectivity index (χ0n) is 18.2. The summed E-state index contributed by atoms with van der Waals surface area (Å²) in [6.45, 7) is 8.86. The second-order valence-corrected chi connectivity index (χ2v) is 7.97. The molecule has 0 bridgehead atoms. The third kappa shape index (κ3) is 5.08. The maximum atomic E-state index is 5.63. The Morgan fingerprint density at radius 2 is 1.74 bits per heavy atom. The Labute approximate surface area is 188 Å². The molecule has 4 rings (SSSR count). The smallest absolute Gasteiger partial charge is 0.169 e. The fourth-order valence-corrected chi connectivity index (χ4v) is 4.28. The summed E-state index contributed by atoms with van der Waals surface area (Å²) in [5, 5.41) is 5.20. The summed E-state index contributed by atoms with van der Waals surface area (Å²) in [5.41, 5.74) is 0.838. The number of hydrogen-bond donors (Lipinski definition) is 1. The molecule has 1 N–H and O–H groups in total. The Morgan fingerprint density at radius 1 is 1.03 bits per heavy atom. The molecule has 0 spiro atoms. The molecule has 0 saturated carbocycles. The Hall–Kier alpha value is -2.43. The van der Waals surface area contributed by atoms with E-state index in [1.54, 1.807) is 20.5 Å². The van der Waals surface area contributed by atoms with E-state index < -0.39 is 0 Å². The molecular weight excluding hydrogens is 416 g/mol. The summed E-state index contributed by atoms with van der Waals surface area (Å²) in [4.78, 5) is 15.9. The van der Waals surface area contributed by atoms with E-state index in [4.69, 9.17) is 26.4 Å². The van der Waals surface area contributed by atoms with Crippen LogP contribution in [0.4, 0.5) is 5.82 Å². The van der Waals surface area contributed by atoms with Crippen LogP contribution in [0.15, 0.2) is 18.5 Å². The fourth-order valence-electron chi connectivity index (χ4n) is 4.00. The van der Waals surface area contributed by atoms with Crippen LogP contribution in [0.3, 0.4) is 0 Å². The van der Waals surface area contributed by atoms with E-state index in [1.165, 1.54) is 0 Å². The standard InChI is InChI=1S/C21H30N6O3S/c1-28-18-13-16-17(14-19(18)29-2)23-15-24-20(16)26-5-7-27(8-6-26)21(31)22-3-4-25-9-11-30-12-10-25/h13-15H,3-12H2,1-2H3,(H,22,31). The van der Waals surface area contributed by atoms with Crippen molar-refractivity contribution in [1.29, 1.82) is 0 Å². The summed E-state index contributed by atoms with van der Waals surface area (Å²) >= 11 is 5.63. The maximum absolute atomic E-state index is 5.63. The third-order valence-electron chi connectivity index (χ3n) is 5.79. The topological polar surface area (TPSA) is 75.2 Å². The number of methoxy groups -OCH3 is 2. The molecule has 0 unspecified atom stereocenters. The first-order valence-electron chi connectivity index (χ1n) is 10.6. The van der Waals surface area contributed by atoms with E-state index in [0.29, 0.717) is 11.5 Å². The second-order valence-electron chi connectivity index (χ2n) is 7.58. The van der Waals surface area contributed by atoms with Gasteiger partial charge >= 0.3 is 0 Å². The first kappa shape index (κ1) is 21.8. The summed E-state index contributed by atoms with van der Waals surface area (Å²) in [6.07, 6.45) is 1.60. The predicted octanol–water partition coefficient (Wildman–Crippen LogP) is 0.976. The number of rotatable bonds is 6. The van der Waals surface area contributed by atoms with Crippen LogP contribution in [0, 0.1) is 0 Å². The van der Waals surface area contributed by atoms with Gasteiger partial charge in [-0.15, -0.1) is 0 Å². The van der Waals surface area contributed by atoms with E-state index in [1.807, 2.05) is 12.1 Å². The number of ether oxygens (including phenoxy) is 3. The van der Waals surface area contributed by atoms with Crippen molar-refractivity contribution in [2.24, 2.45) is 0 Å². The molecule has 1 aromatic carbocycles. The molecule has 3 heterocycles. The van der Waals surface area contributed by atoms with E-state index in [0.717, 1.165) is 87.4 Å². The largest absolute Gasteiger partial charge is 0.493 e. The number of nitrogens with one attached hydrogen (secondary N) is 1. The number of anilines is 1. The van der Waals surface area contributed by atoms with Gasteiger partial charge in [-0.25, -0.2) is 9.97 Å². The Kier molecular flexibility index (Phi) is 7.21. The number of nitrogens with zero attached hydrogens (tertiary/aromatic N) is 5. The highest BCUT2D eigenvalue weighted by Gasteiger charge is 2.22. The van der Waals surface area contributed by atoms with Gasteiger partial charge in [-0.1, -0.05) is 0 Å². The van der Waals surface area contributed by atoms with Gasteiger partial charge in [-0.3, -0.25) is 4.90 Å². The lowest BCUT2D eigenvalue weighted by Crippen LogP contribution is -2.53. The maximum Gasteiger partial charge on any atom is 0.169 e. The average Bonchev–Trinajstić information content (AvgIpc) is 2.83. The van der Waals surface area contributed by atoms with Crippen molar-refractivity contribution in [2.75, 3.05) is 84.7 Å². The molecule has 0 radical (unpaired) electrons. The molecule has 0 atom stereocenters. The van der Waals surface area contributed by atoms with Gasteiger partial charge in [0.15, 0.2) is 16.6 Å². The molecule has 2 aliphatic rings. The number of aromatic nitrogens is 2. The lowest BCUT2D eigenvalue weighted by molar-refractivity contribution is 0.0388. The number of thiocarbonyl (C=S) groups is 1. The van der Waals surface area contributed by atoms with Gasteiger partial charge < -0.3 is 29.3 Å². The van der Waals surface area contributed by atoms with Crippen LogP contribution in [0.25, 0.3) is 10.9 Å². The minimum absolute atomic E-state index is 0.665. The molecule has 0 aliphatic carbocycles. The van der Waals surface area contributed by atoms with Gasteiger partial charge in [-0.05, 0) is 18.3 Å². The van der Waals surface area contributed by atoms with Crippen molar-refractivity contribution >= 4 is 34.1 Å². The van der Waals surface area contributed by atoms with Crippen LogP contribution in [0.2, 0.25) is 0 Å². The third-order valence-corrected chi connectivity index (χ3v) is 6.20. The average molecular weight is 447 g/mol. The zero-order valence-corrected chi connectivity index (χ0v) is 19.0. The zero-order chi connectivity index (χ0) is 21.6. The minimum atomic E-state index is 0.665. The molecular formula is C21H30N6O3S. The van der Waals surface area contributed by atoms with Gasteiger partial charge in [0.25, 0.3) is 0 Å². The molecule has 1 aromatic heterocycles. The first-order chi connectivity index (χ1) is 15.2. The van der Waals surface area contributed by atoms with Crippen molar-refractivity contribution in [2.45, 2.75) is 0 Å². The second kappa shape index (κ2) is 10.3. The quantitative estimate of drug-likeness (QED) is 0.649. The highest BCUT2D eigenvalue weighted by molar-refractivity contribution is 7.80. The van der Waals surface area contributed by atoms with Crippen molar-refractivity contribution in [3.63, 3.8) is 0 Å². The van der Waals surface area contributed by atoms with E-state index in [-0.39, 0.29) is 0 Å². The molecule has 2 aromatic rings. The van der Waals surface area contributed by atoms with Crippen LogP contribution in [0.1, 0.15) is 0 Å². The lowest BCUT2D eigenvalue weighted by atomic mass is 10.2. The van der Waals surface area contributed by atoms with Crippen molar-refractivity contribution in [3.05, 3.63) is 18.5 Å². The number of hydrogen-bond acceptors (Lipinski definition) is 8. The predicted molar refractivity (Wildman–Crippen MR) is 124 cm³/mol. The van der Waals surface area contributed by atoms with Crippen molar-refractivity contribution in [3.8, 4) is 11.5 Å². The molecule has 168 valence electrons. The van der Waals surface area contributed by atoms with Crippen molar-refractivity contribution in [1.82, 2.24) is 25.1 Å². The molecule has 2 fully saturated rings. The molecule has 10 heteroatoms. The van der Waals surface area contributed by atoms with Crippen LogP contribution < -0.4 is 19.7 Å². The van der Waals surface area contributed by atoms with Gasteiger partial charge in [0.05, 0.1) is 33.0 Å². The van der Waals surface area contributed by atoms with Gasteiger partial charge in [0.2, 0.25) is 0 Å². The van der Waals surface area contributed by atoms with E-state index in [9.17, 15) is 0 Å². The molecule has 0 amide bonds. The van der Waals surface area contributed by atoms with Gasteiger partial charge in [0, 0.05) is 63.8 Å². The monoisotopic (exact) mass is 446 g/mol. The normalized spacial score (nSPS) is 17.6. The molecule has 31 heavy (non-hydrogen) atoms. The summed E-state index contributed by atoms with van der Waals surface area (Å²) in [7, 11) is 3.27. The Balaban J connectivity index is 1.35. The molecule has 9 nitrogen and oxygen atoms in total. The van der Waals surface area contributed by atoms with Crippen LogP contribution in [-0.4, -0.2) is 105 Å². The van der Waals surface area contributed by atoms with Crippen LogP contribution in [-0.2, 0) is 4.74 Å². The van der Waals surface area contributed by atoms with E-state index >= 15 is 0 Å². The highest BCUT2D eigenvalue weighted by Crippen LogP contribution is 2.34. The first-order valence-corrected chi connectivity index (χ1v) is 11.0. The lowest BCUT2D eigenvalue weighted by Gasteiger charge is -2.37. The Bertz CT molecular complexity index is 900. The van der Waals surface area contributed by atoms with Crippen LogP contribution in [0.5, 0.6) is 11.5 Å². The molecule has 2 saturated heterocycles. The van der Waals surface area contributed by atoms with Crippen molar-refractivity contribution < 1.29 is 14.2 Å². The SMILES string of the molecule is COc1cc2ncnc(N3CCN(C(=S)NCCN4CCOCC4)CC3)c2cc1OC.